The Bertz CT molecular complexity index is 378. The van der Waals surface area contributed by atoms with E-state index in [9.17, 15) is 9.59 Å². The first-order valence-electron chi connectivity index (χ1n) is 10.4. The van der Waals surface area contributed by atoms with Gasteiger partial charge < -0.3 is 14.4 Å². The Morgan fingerprint density at radius 2 is 1.15 bits per heavy atom. The minimum atomic E-state index is -0.503. The minimum absolute atomic E-state index is 0.332. The number of esters is 2. The summed E-state index contributed by atoms with van der Waals surface area (Å²) in [6.45, 7) is 9.66. The van der Waals surface area contributed by atoms with E-state index in [4.69, 9.17) is 9.47 Å². The van der Waals surface area contributed by atoms with Gasteiger partial charge in [0.2, 0.25) is 0 Å². The summed E-state index contributed by atoms with van der Waals surface area (Å²) in [5, 5.41) is 0. The van der Waals surface area contributed by atoms with Gasteiger partial charge in [0, 0.05) is 18.7 Å². The third-order valence-corrected chi connectivity index (χ3v) is 4.39. The third kappa shape index (κ3) is 16.1. The molecule has 152 valence electrons. The Labute approximate surface area is 160 Å². The lowest BCUT2D eigenvalue weighted by Crippen LogP contribution is -2.27. The maximum atomic E-state index is 11.5. The van der Waals surface area contributed by atoms with Crippen molar-refractivity contribution in [2.24, 2.45) is 0 Å². The lowest BCUT2D eigenvalue weighted by molar-refractivity contribution is -0.140. The van der Waals surface area contributed by atoms with Crippen molar-refractivity contribution in [3.05, 3.63) is 12.2 Å². The van der Waals surface area contributed by atoms with Crippen molar-refractivity contribution in [1.82, 2.24) is 4.90 Å². The summed E-state index contributed by atoms with van der Waals surface area (Å²) < 4.78 is 10.1. The molecular formula is C21H39NO4. The fourth-order valence-corrected chi connectivity index (χ4v) is 2.63. The van der Waals surface area contributed by atoms with Crippen molar-refractivity contribution in [3.63, 3.8) is 0 Å². The van der Waals surface area contributed by atoms with Crippen molar-refractivity contribution < 1.29 is 19.1 Å². The Hall–Kier alpha value is -1.36. The Kier molecular flexibility index (Phi) is 17.5. The molecule has 0 aromatic carbocycles. The number of nitrogens with zero attached hydrogens (tertiary/aromatic N) is 1. The van der Waals surface area contributed by atoms with E-state index >= 15 is 0 Å². The van der Waals surface area contributed by atoms with E-state index in [-0.39, 0.29) is 0 Å². The zero-order valence-electron chi connectivity index (χ0n) is 17.1. The van der Waals surface area contributed by atoms with E-state index in [0.717, 1.165) is 38.1 Å². The van der Waals surface area contributed by atoms with Crippen LogP contribution in [0.1, 0.15) is 78.6 Å². The molecule has 26 heavy (non-hydrogen) atoms. The van der Waals surface area contributed by atoms with Gasteiger partial charge in [0.15, 0.2) is 0 Å². The van der Waals surface area contributed by atoms with Gasteiger partial charge in [-0.25, -0.2) is 9.59 Å². The maximum Gasteiger partial charge on any atom is 0.331 e. The van der Waals surface area contributed by atoms with E-state index < -0.39 is 11.9 Å². The number of rotatable bonds is 17. The molecule has 0 saturated carbocycles. The molecule has 0 aromatic rings. The van der Waals surface area contributed by atoms with Gasteiger partial charge in [0.25, 0.3) is 0 Å². The molecule has 0 radical (unpaired) electrons. The van der Waals surface area contributed by atoms with Gasteiger partial charge in [-0.2, -0.15) is 0 Å². The molecule has 0 aromatic heterocycles. The van der Waals surface area contributed by atoms with Crippen molar-refractivity contribution in [3.8, 4) is 0 Å². The van der Waals surface area contributed by atoms with Crippen LogP contribution < -0.4 is 0 Å². The summed E-state index contributed by atoms with van der Waals surface area (Å²) in [6.07, 6.45) is 13.3. The monoisotopic (exact) mass is 369 g/mol. The number of ether oxygens (including phenoxy) is 2. The summed E-state index contributed by atoms with van der Waals surface area (Å²) in [5.41, 5.74) is 0. The molecule has 0 bridgehead atoms. The first-order chi connectivity index (χ1) is 12.6. The van der Waals surface area contributed by atoms with Crippen LogP contribution >= 0.6 is 0 Å². The van der Waals surface area contributed by atoms with E-state index in [1.807, 2.05) is 0 Å². The van der Waals surface area contributed by atoms with E-state index in [1.54, 1.807) is 0 Å². The van der Waals surface area contributed by atoms with Crippen LogP contribution in [0.25, 0.3) is 0 Å². The molecule has 0 aliphatic carbocycles. The maximum absolute atomic E-state index is 11.5. The minimum Gasteiger partial charge on any atom is -0.463 e. The quantitative estimate of drug-likeness (QED) is 0.215. The van der Waals surface area contributed by atoms with Gasteiger partial charge in [-0.3, -0.25) is 0 Å². The normalized spacial score (nSPS) is 11.2. The van der Waals surface area contributed by atoms with Crippen LogP contribution in [0, 0.1) is 0 Å². The number of unbranched alkanes of at least 4 members (excludes halogenated alkanes) is 8. The molecule has 0 atom stereocenters. The molecule has 0 amide bonds. The highest BCUT2D eigenvalue weighted by atomic mass is 16.5. The predicted octanol–water partition coefficient (Wildman–Crippen LogP) is 4.50. The molecule has 0 fully saturated rings. The van der Waals surface area contributed by atoms with E-state index in [1.165, 1.54) is 44.9 Å². The van der Waals surface area contributed by atoms with Crippen LogP contribution in [-0.4, -0.2) is 49.7 Å². The van der Waals surface area contributed by atoms with Crippen LogP contribution in [0.2, 0.25) is 0 Å². The molecule has 0 aliphatic rings. The highest BCUT2D eigenvalue weighted by molar-refractivity contribution is 5.91. The average molecular weight is 370 g/mol. The highest BCUT2D eigenvalue weighted by Gasteiger charge is 2.03. The zero-order chi connectivity index (χ0) is 19.5. The van der Waals surface area contributed by atoms with Crippen LogP contribution in [0.15, 0.2) is 12.2 Å². The second-order valence-corrected chi connectivity index (χ2v) is 6.52. The standard InChI is InChI=1S/C21H39NO4/c1-4-7-8-9-10-11-12-13-14-18-25-20(23)15-16-21(24)26-19-17-22(5-2)6-3/h15-16H,4-14,17-19H2,1-3H3/b16-15+. The molecular weight excluding hydrogens is 330 g/mol. The Balaban J connectivity index is 3.54. The second kappa shape index (κ2) is 18.4. The summed E-state index contributed by atoms with van der Waals surface area (Å²) in [7, 11) is 0. The second-order valence-electron chi connectivity index (χ2n) is 6.52. The SMILES string of the molecule is CCCCCCCCCCCOC(=O)/C=C/C(=O)OCCN(CC)CC. The Morgan fingerprint density at radius 1 is 0.692 bits per heavy atom. The number of carbonyl (C=O) groups is 2. The molecule has 5 heteroatoms. The molecule has 0 unspecified atom stereocenters. The van der Waals surface area contributed by atoms with Crippen LogP contribution in [-0.2, 0) is 19.1 Å². The summed E-state index contributed by atoms with van der Waals surface area (Å²) >= 11 is 0. The summed E-state index contributed by atoms with van der Waals surface area (Å²) in [5.74, 6) is -0.984. The lowest BCUT2D eigenvalue weighted by atomic mass is 10.1. The van der Waals surface area contributed by atoms with Crippen LogP contribution in [0.5, 0.6) is 0 Å². The largest absolute Gasteiger partial charge is 0.463 e. The van der Waals surface area contributed by atoms with Crippen molar-refractivity contribution in [1.29, 1.82) is 0 Å². The third-order valence-electron chi connectivity index (χ3n) is 4.39. The van der Waals surface area contributed by atoms with Crippen molar-refractivity contribution in [2.45, 2.75) is 78.6 Å². The van der Waals surface area contributed by atoms with Gasteiger partial charge in [0.05, 0.1) is 6.61 Å². The fourth-order valence-electron chi connectivity index (χ4n) is 2.63. The van der Waals surface area contributed by atoms with Crippen molar-refractivity contribution in [2.75, 3.05) is 32.8 Å². The molecule has 0 heterocycles. The van der Waals surface area contributed by atoms with Gasteiger partial charge >= 0.3 is 11.9 Å². The van der Waals surface area contributed by atoms with Gasteiger partial charge in [-0.15, -0.1) is 0 Å². The van der Waals surface area contributed by atoms with Crippen molar-refractivity contribution >= 4 is 11.9 Å². The average Bonchev–Trinajstić information content (AvgIpc) is 2.65. The first-order valence-corrected chi connectivity index (χ1v) is 10.4. The zero-order valence-corrected chi connectivity index (χ0v) is 17.1. The highest BCUT2D eigenvalue weighted by Crippen LogP contribution is 2.09. The fraction of sp³-hybridized carbons (Fsp3) is 0.810. The van der Waals surface area contributed by atoms with Gasteiger partial charge in [-0.05, 0) is 19.5 Å². The van der Waals surface area contributed by atoms with Gasteiger partial charge in [0.1, 0.15) is 6.61 Å². The smallest absolute Gasteiger partial charge is 0.331 e. The molecule has 0 rings (SSSR count). The van der Waals surface area contributed by atoms with E-state index in [0.29, 0.717) is 19.8 Å². The lowest BCUT2D eigenvalue weighted by Gasteiger charge is -2.16. The van der Waals surface area contributed by atoms with Crippen LogP contribution in [0.3, 0.4) is 0 Å². The van der Waals surface area contributed by atoms with E-state index in [2.05, 4.69) is 25.7 Å². The Morgan fingerprint density at radius 3 is 1.65 bits per heavy atom. The number of hydrogen-bond donors (Lipinski definition) is 0. The summed E-state index contributed by atoms with van der Waals surface area (Å²) in [4.78, 5) is 25.2. The molecule has 0 aliphatic heterocycles. The first kappa shape index (κ1) is 24.6. The van der Waals surface area contributed by atoms with Gasteiger partial charge in [-0.1, -0.05) is 72.1 Å². The molecule has 5 nitrogen and oxygen atoms in total. The summed E-state index contributed by atoms with van der Waals surface area (Å²) in [6, 6.07) is 0. The molecule has 0 saturated heterocycles. The number of hydrogen-bond acceptors (Lipinski definition) is 5. The molecule has 0 spiro atoms. The number of likely N-dealkylation sites (N-methyl/N-ethyl adjacent to an activating group) is 1. The topological polar surface area (TPSA) is 55.8 Å². The number of carbonyl (C=O) groups excluding carboxylic acids is 2. The molecule has 0 N–H and O–H groups in total. The predicted molar refractivity (Wildman–Crippen MR) is 106 cm³/mol. The van der Waals surface area contributed by atoms with Crippen LogP contribution in [0.4, 0.5) is 0 Å².